The molecular formula is C24H28N4O2. The molecule has 0 atom stereocenters. The quantitative estimate of drug-likeness (QED) is 0.291. The molecule has 0 aromatic heterocycles. The summed E-state index contributed by atoms with van der Waals surface area (Å²) in [5, 5.41) is 14.6. The number of benzene rings is 3. The molecule has 0 aliphatic rings. The minimum atomic E-state index is -1.05. The molecule has 5 N–H and O–H groups in total. The van der Waals surface area contributed by atoms with Gasteiger partial charge in [-0.2, -0.15) is 0 Å². The number of nitrogens with zero attached hydrogens (tertiary/aromatic N) is 1. The Balaban J connectivity index is 1.87. The van der Waals surface area contributed by atoms with Crippen LogP contribution >= 0.6 is 0 Å². The first-order chi connectivity index (χ1) is 14.2. The summed E-state index contributed by atoms with van der Waals surface area (Å²) in [6.07, 6.45) is 1.49. The number of nitrogens with two attached hydrogens (primary N) is 2. The Morgan fingerprint density at radius 1 is 0.833 bits per heavy atom. The van der Waals surface area contributed by atoms with Gasteiger partial charge in [-0.3, -0.25) is 10.1 Å². The van der Waals surface area contributed by atoms with Crippen molar-refractivity contribution in [1.82, 2.24) is 0 Å². The Kier molecular flexibility index (Phi) is 6.26. The van der Waals surface area contributed by atoms with Gasteiger partial charge < -0.3 is 16.8 Å². The fourth-order valence-corrected chi connectivity index (χ4v) is 3.18. The van der Waals surface area contributed by atoms with Crippen molar-refractivity contribution in [1.29, 1.82) is 0 Å². The summed E-state index contributed by atoms with van der Waals surface area (Å²) in [5.74, 6) is 0. The van der Waals surface area contributed by atoms with E-state index >= 15 is 0 Å². The number of hydrogen-bond donors (Lipinski definition) is 3. The van der Waals surface area contributed by atoms with Gasteiger partial charge in [0.15, 0.2) is 0 Å². The van der Waals surface area contributed by atoms with Crippen molar-refractivity contribution in [2.75, 3.05) is 23.3 Å². The zero-order valence-corrected chi connectivity index (χ0v) is 17.4. The molecule has 0 aliphatic carbocycles. The van der Waals surface area contributed by atoms with E-state index in [1.54, 1.807) is 13.8 Å². The summed E-state index contributed by atoms with van der Waals surface area (Å²) < 4.78 is 0. The van der Waals surface area contributed by atoms with E-state index in [0.717, 1.165) is 34.6 Å². The van der Waals surface area contributed by atoms with Crippen LogP contribution in [0.15, 0.2) is 66.7 Å². The van der Waals surface area contributed by atoms with Gasteiger partial charge in [0.25, 0.3) is 0 Å². The van der Waals surface area contributed by atoms with Crippen molar-refractivity contribution in [2.24, 2.45) is 0 Å². The van der Waals surface area contributed by atoms with Crippen molar-refractivity contribution >= 4 is 17.1 Å². The molecule has 0 spiro atoms. The average Bonchev–Trinajstić information content (AvgIpc) is 2.71. The Morgan fingerprint density at radius 2 is 1.33 bits per heavy atom. The van der Waals surface area contributed by atoms with Gasteiger partial charge in [0.1, 0.15) is 0 Å². The van der Waals surface area contributed by atoms with Crippen LogP contribution in [0.25, 0.3) is 0 Å². The summed E-state index contributed by atoms with van der Waals surface area (Å²) in [6, 6.07) is 21.9. The summed E-state index contributed by atoms with van der Waals surface area (Å²) in [5.41, 5.74) is 17.5. The third-order valence-electron chi connectivity index (χ3n) is 5.14. The van der Waals surface area contributed by atoms with E-state index in [2.05, 4.69) is 17.4 Å². The van der Waals surface area contributed by atoms with Crippen LogP contribution in [0.1, 0.15) is 36.1 Å². The molecule has 3 aromatic carbocycles. The number of anilines is 3. The van der Waals surface area contributed by atoms with E-state index in [9.17, 15) is 10.1 Å². The van der Waals surface area contributed by atoms with Crippen LogP contribution in [-0.2, 0) is 12.8 Å². The van der Waals surface area contributed by atoms with Gasteiger partial charge in [0.05, 0.1) is 6.54 Å². The standard InChI is InChI=1S/C24H28N4O2/c1-24(2,28(29)30)16-27-23-12-7-19(13-17-3-8-21(25)9-4-17)15-20(23)14-18-5-10-22(26)11-6-18/h3-12,15,27H,13-14,16,25-26H2,1-2H3. The minimum absolute atomic E-state index is 0.242. The molecule has 156 valence electrons. The number of nitrogens with one attached hydrogen (secondary N) is 1. The van der Waals surface area contributed by atoms with Crippen LogP contribution in [0.2, 0.25) is 0 Å². The molecule has 0 aliphatic heterocycles. The molecule has 0 saturated heterocycles. The van der Waals surface area contributed by atoms with E-state index in [0.29, 0.717) is 6.42 Å². The Hall–Kier alpha value is -3.54. The minimum Gasteiger partial charge on any atom is -0.399 e. The monoisotopic (exact) mass is 404 g/mol. The normalized spacial score (nSPS) is 11.3. The molecule has 0 fully saturated rings. The molecule has 0 heterocycles. The molecule has 0 amide bonds. The maximum Gasteiger partial charge on any atom is 0.233 e. The van der Waals surface area contributed by atoms with Crippen LogP contribution in [0, 0.1) is 10.1 Å². The second-order valence-electron chi connectivity index (χ2n) is 8.25. The fraction of sp³-hybridized carbons (Fsp3) is 0.250. The maximum absolute atomic E-state index is 11.3. The van der Waals surface area contributed by atoms with Crippen molar-refractivity contribution in [3.63, 3.8) is 0 Å². The molecule has 6 heteroatoms. The topological polar surface area (TPSA) is 107 Å². The SMILES string of the molecule is CC(C)(CNc1ccc(Cc2ccc(N)cc2)cc1Cc1ccc(N)cc1)[N+](=O)[O-]. The Labute approximate surface area is 177 Å². The molecule has 0 saturated carbocycles. The van der Waals surface area contributed by atoms with E-state index in [4.69, 9.17) is 11.5 Å². The molecule has 3 rings (SSSR count). The van der Waals surface area contributed by atoms with Gasteiger partial charge in [-0.25, -0.2) is 0 Å². The van der Waals surface area contributed by atoms with Crippen molar-refractivity contribution in [2.45, 2.75) is 32.2 Å². The van der Waals surface area contributed by atoms with Crippen LogP contribution in [0.3, 0.4) is 0 Å². The van der Waals surface area contributed by atoms with E-state index in [1.165, 1.54) is 11.1 Å². The largest absolute Gasteiger partial charge is 0.399 e. The first-order valence-electron chi connectivity index (χ1n) is 9.92. The van der Waals surface area contributed by atoms with Crippen LogP contribution < -0.4 is 16.8 Å². The first-order valence-corrected chi connectivity index (χ1v) is 9.92. The first kappa shape index (κ1) is 21.2. The van der Waals surface area contributed by atoms with Crippen LogP contribution in [0.4, 0.5) is 17.1 Å². The van der Waals surface area contributed by atoms with E-state index < -0.39 is 5.54 Å². The van der Waals surface area contributed by atoms with E-state index in [-0.39, 0.29) is 11.5 Å². The van der Waals surface area contributed by atoms with Gasteiger partial charge in [-0.1, -0.05) is 36.4 Å². The Bertz CT molecular complexity index is 1010. The maximum atomic E-state index is 11.3. The molecule has 0 radical (unpaired) electrons. The number of hydrogen-bond acceptors (Lipinski definition) is 5. The smallest absolute Gasteiger partial charge is 0.233 e. The summed E-state index contributed by atoms with van der Waals surface area (Å²) in [4.78, 5) is 11.0. The molecule has 30 heavy (non-hydrogen) atoms. The lowest BCUT2D eigenvalue weighted by molar-refractivity contribution is -0.556. The molecule has 3 aromatic rings. The summed E-state index contributed by atoms with van der Waals surface area (Å²) >= 11 is 0. The fourth-order valence-electron chi connectivity index (χ4n) is 3.18. The van der Waals surface area contributed by atoms with Gasteiger partial charge in [0.2, 0.25) is 5.54 Å². The third-order valence-corrected chi connectivity index (χ3v) is 5.14. The zero-order chi connectivity index (χ0) is 21.7. The highest BCUT2D eigenvalue weighted by molar-refractivity contribution is 5.56. The predicted molar refractivity (Wildman–Crippen MR) is 123 cm³/mol. The van der Waals surface area contributed by atoms with E-state index in [1.807, 2.05) is 54.6 Å². The number of rotatable bonds is 8. The highest BCUT2D eigenvalue weighted by Gasteiger charge is 2.30. The second-order valence-corrected chi connectivity index (χ2v) is 8.25. The van der Waals surface area contributed by atoms with Gasteiger partial charge in [-0.15, -0.1) is 0 Å². The number of nitro groups is 1. The summed E-state index contributed by atoms with van der Waals surface area (Å²) in [7, 11) is 0. The molecule has 6 nitrogen and oxygen atoms in total. The molecule has 0 bridgehead atoms. The summed E-state index contributed by atoms with van der Waals surface area (Å²) in [6.45, 7) is 3.48. The lowest BCUT2D eigenvalue weighted by atomic mass is 9.97. The predicted octanol–water partition coefficient (Wildman–Crippen LogP) is 4.50. The highest BCUT2D eigenvalue weighted by Crippen LogP contribution is 2.24. The van der Waals surface area contributed by atoms with Gasteiger partial charge >= 0.3 is 0 Å². The molecule has 0 unspecified atom stereocenters. The van der Waals surface area contributed by atoms with Crippen LogP contribution in [-0.4, -0.2) is 17.0 Å². The third kappa shape index (κ3) is 5.50. The Morgan fingerprint density at radius 3 is 1.87 bits per heavy atom. The zero-order valence-electron chi connectivity index (χ0n) is 17.4. The van der Waals surface area contributed by atoms with Gasteiger partial charge in [-0.05, 0) is 65.4 Å². The van der Waals surface area contributed by atoms with Crippen molar-refractivity contribution in [3.8, 4) is 0 Å². The van der Waals surface area contributed by atoms with Crippen molar-refractivity contribution in [3.05, 3.63) is 99.1 Å². The lowest BCUT2D eigenvalue weighted by Gasteiger charge is -2.19. The lowest BCUT2D eigenvalue weighted by Crippen LogP contribution is -2.38. The second kappa shape index (κ2) is 8.86. The molecular weight excluding hydrogens is 376 g/mol. The van der Waals surface area contributed by atoms with Crippen LogP contribution in [0.5, 0.6) is 0 Å². The highest BCUT2D eigenvalue weighted by atomic mass is 16.6. The van der Waals surface area contributed by atoms with Crippen molar-refractivity contribution < 1.29 is 4.92 Å². The number of nitrogen functional groups attached to an aromatic ring is 2. The van der Waals surface area contributed by atoms with Gasteiger partial charge in [0, 0.05) is 35.8 Å². The average molecular weight is 405 g/mol.